The summed E-state index contributed by atoms with van der Waals surface area (Å²) in [6.07, 6.45) is 0. The predicted octanol–water partition coefficient (Wildman–Crippen LogP) is 7.34. The van der Waals surface area contributed by atoms with Crippen molar-refractivity contribution in [3.05, 3.63) is 127 Å². The standard InChI is InChI=1S/C35H27N3Si/c1-39(2)31-16-10-9-15-29(31)30-22-21-28(23-32(30)39)35-37-33(26-13-7-4-8-14-26)36-34(38-35)27-19-17-25(18-20-27)24-11-5-3-6-12-24/h3-23H,1-2H3. The van der Waals surface area contributed by atoms with Crippen molar-refractivity contribution >= 4 is 18.4 Å². The molecule has 186 valence electrons. The van der Waals surface area contributed by atoms with Crippen LogP contribution in [-0.4, -0.2) is 23.0 Å². The highest BCUT2D eigenvalue weighted by Crippen LogP contribution is 2.32. The molecule has 1 aliphatic rings. The van der Waals surface area contributed by atoms with Crippen LogP contribution in [0.1, 0.15) is 0 Å². The van der Waals surface area contributed by atoms with E-state index < -0.39 is 8.07 Å². The molecule has 5 aromatic carbocycles. The Kier molecular flexibility index (Phi) is 5.57. The van der Waals surface area contributed by atoms with Crippen molar-refractivity contribution in [2.75, 3.05) is 0 Å². The zero-order valence-electron chi connectivity index (χ0n) is 22.0. The molecule has 3 nitrogen and oxygen atoms in total. The molecule has 7 rings (SSSR count). The molecule has 4 heteroatoms. The molecule has 6 aromatic rings. The van der Waals surface area contributed by atoms with E-state index >= 15 is 0 Å². The molecule has 0 N–H and O–H groups in total. The number of hydrogen-bond donors (Lipinski definition) is 0. The van der Waals surface area contributed by atoms with Gasteiger partial charge >= 0.3 is 0 Å². The minimum absolute atomic E-state index is 0.679. The number of rotatable bonds is 4. The average Bonchev–Trinajstić information content (AvgIpc) is 3.24. The van der Waals surface area contributed by atoms with Crippen LogP contribution < -0.4 is 10.4 Å². The van der Waals surface area contributed by atoms with E-state index in [9.17, 15) is 0 Å². The first kappa shape index (κ1) is 23.4. The Morgan fingerprint density at radius 2 is 0.821 bits per heavy atom. The third-order valence-electron chi connectivity index (χ3n) is 7.76. The number of benzene rings is 5. The lowest BCUT2D eigenvalue weighted by Crippen LogP contribution is -2.49. The Labute approximate surface area is 229 Å². The number of hydrogen-bond acceptors (Lipinski definition) is 3. The van der Waals surface area contributed by atoms with Crippen LogP contribution in [0.5, 0.6) is 0 Å². The lowest BCUT2D eigenvalue weighted by molar-refractivity contribution is 1.07. The smallest absolute Gasteiger partial charge is 0.164 e. The summed E-state index contributed by atoms with van der Waals surface area (Å²) in [5.41, 5.74) is 8.06. The fraction of sp³-hybridized carbons (Fsp3) is 0.0571. The van der Waals surface area contributed by atoms with Crippen molar-refractivity contribution in [1.82, 2.24) is 15.0 Å². The normalized spacial score (nSPS) is 13.1. The van der Waals surface area contributed by atoms with Gasteiger partial charge in [0, 0.05) is 16.7 Å². The van der Waals surface area contributed by atoms with E-state index in [1.165, 1.54) is 32.6 Å². The Hall–Kier alpha value is -4.67. The van der Waals surface area contributed by atoms with Crippen LogP contribution in [-0.2, 0) is 0 Å². The molecule has 2 heterocycles. The van der Waals surface area contributed by atoms with Crippen molar-refractivity contribution in [1.29, 1.82) is 0 Å². The molecule has 0 aliphatic carbocycles. The molecule has 0 amide bonds. The van der Waals surface area contributed by atoms with Gasteiger partial charge in [-0.2, -0.15) is 0 Å². The van der Waals surface area contributed by atoms with E-state index in [-0.39, 0.29) is 0 Å². The molecule has 0 saturated heterocycles. The summed E-state index contributed by atoms with van der Waals surface area (Å²) < 4.78 is 0. The third-order valence-corrected chi connectivity index (χ3v) is 11.3. The molecule has 0 saturated carbocycles. The number of aromatic nitrogens is 3. The van der Waals surface area contributed by atoms with Gasteiger partial charge in [-0.3, -0.25) is 0 Å². The van der Waals surface area contributed by atoms with Crippen LogP contribution in [0.2, 0.25) is 13.1 Å². The summed E-state index contributed by atoms with van der Waals surface area (Å²) in [6.45, 7) is 4.87. The zero-order valence-corrected chi connectivity index (χ0v) is 23.0. The second-order valence-electron chi connectivity index (χ2n) is 10.5. The second kappa shape index (κ2) is 9.26. The average molecular weight is 518 g/mol. The molecule has 0 fully saturated rings. The van der Waals surface area contributed by atoms with Crippen molar-refractivity contribution < 1.29 is 0 Å². The van der Waals surface area contributed by atoms with Crippen molar-refractivity contribution in [2.45, 2.75) is 13.1 Å². The first-order valence-electron chi connectivity index (χ1n) is 13.3. The molecule has 0 radical (unpaired) electrons. The van der Waals surface area contributed by atoms with Crippen molar-refractivity contribution in [2.24, 2.45) is 0 Å². The van der Waals surface area contributed by atoms with E-state index in [1.807, 2.05) is 24.3 Å². The van der Waals surface area contributed by atoms with E-state index in [0.29, 0.717) is 17.5 Å². The fourth-order valence-corrected chi connectivity index (χ4v) is 8.74. The number of nitrogens with zero attached hydrogens (tertiary/aromatic N) is 3. The van der Waals surface area contributed by atoms with Gasteiger partial charge < -0.3 is 0 Å². The molecule has 1 aliphatic heterocycles. The molecular formula is C35H27N3Si. The van der Waals surface area contributed by atoms with Gasteiger partial charge in [-0.1, -0.05) is 140 Å². The summed E-state index contributed by atoms with van der Waals surface area (Å²) in [5, 5.41) is 2.94. The molecule has 0 bridgehead atoms. The van der Waals surface area contributed by atoms with Gasteiger partial charge in [-0.25, -0.2) is 15.0 Å². The summed E-state index contributed by atoms with van der Waals surface area (Å²) in [6, 6.07) is 44.7. The summed E-state index contributed by atoms with van der Waals surface area (Å²) in [7, 11) is -1.81. The summed E-state index contributed by atoms with van der Waals surface area (Å²) in [4.78, 5) is 14.9. The first-order chi connectivity index (χ1) is 19.1. The van der Waals surface area contributed by atoms with Crippen molar-refractivity contribution in [3.8, 4) is 56.4 Å². The highest BCUT2D eigenvalue weighted by molar-refractivity contribution is 7.03. The highest BCUT2D eigenvalue weighted by atomic mass is 28.3. The highest BCUT2D eigenvalue weighted by Gasteiger charge is 2.37. The van der Waals surface area contributed by atoms with Gasteiger partial charge in [0.25, 0.3) is 0 Å². The van der Waals surface area contributed by atoms with Crippen LogP contribution in [0.25, 0.3) is 56.4 Å². The van der Waals surface area contributed by atoms with Crippen molar-refractivity contribution in [3.63, 3.8) is 0 Å². The molecule has 39 heavy (non-hydrogen) atoms. The largest absolute Gasteiger partial charge is 0.208 e. The van der Waals surface area contributed by atoms with Gasteiger partial charge in [-0.15, -0.1) is 0 Å². The predicted molar refractivity (Wildman–Crippen MR) is 164 cm³/mol. The maximum atomic E-state index is 5.02. The number of fused-ring (bicyclic) bond motifs is 3. The topological polar surface area (TPSA) is 38.7 Å². The van der Waals surface area contributed by atoms with E-state index in [0.717, 1.165) is 16.7 Å². The van der Waals surface area contributed by atoms with Crippen LogP contribution in [0, 0.1) is 0 Å². The quantitative estimate of drug-likeness (QED) is 0.230. The third kappa shape index (κ3) is 4.10. The molecule has 0 atom stereocenters. The maximum absolute atomic E-state index is 5.02. The van der Waals surface area contributed by atoms with Crippen LogP contribution in [0.4, 0.5) is 0 Å². The SMILES string of the molecule is C[Si]1(C)c2ccccc2-c2ccc(-c3nc(-c4ccccc4)nc(-c4ccc(-c5ccccc5)cc4)n3)cc21. The Balaban J connectivity index is 1.35. The molecule has 0 spiro atoms. The van der Waals surface area contributed by atoms with E-state index in [2.05, 4.69) is 116 Å². The zero-order chi connectivity index (χ0) is 26.4. The first-order valence-corrected chi connectivity index (χ1v) is 16.3. The van der Waals surface area contributed by atoms with Gasteiger partial charge in [-0.05, 0) is 32.6 Å². The minimum Gasteiger partial charge on any atom is -0.208 e. The lowest BCUT2D eigenvalue weighted by atomic mass is 10.0. The Morgan fingerprint density at radius 1 is 0.385 bits per heavy atom. The lowest BCUT2D eigenvalue weighted by Gasteiger charge is -2.19. The Morgan fingerprint density at radius 3 is 1.49 bits per heavy atom. The molecule has 0 unspecified atom stereocenters. The fourth-order valence-electron chi connectivity index (χ4n) is 5.64. The van der Waals surface area contributed by atoms with Crippen LogP contribution in [0.15, 0.2) is 127 Å². The summed E-state index contributed by atoms with van der Waals surface area (Å²) >= 11 is 0. The van der Waals surface area contributed by atoms with Gasteiger partial charge in [0.2, 0.25) is 0 Å². The van der Waals surface area contributed by atoms with E-state index in [1.54, 1.807) is 0 Å². The van der Waals surface area contributed by atoms with Crippen LogP contribution >= 0.6 is 0 Å². The monoisotopic (exact) mass is 517 g/mol. The van der Waals surface area contributed by atoms with Gasteiger partial charge in [0.15, 0.2) is 17.5 Å². The molecule has 1 aromatic heterocycles. The van der Waals surface area contributed by atoms with Gasteiger partial charge in [0.05, 0.1) is 0 Å². The van der Waals surface area contributed by atoms with Gasteiger partial charge in [0.1, 0.15) is 8.07 Å². The Bertz CT molecular complexity index is 1810. The minimum atomic E-state index is -1.81. The maximum Gasteiger partial charge on any atom is 0.164 e. The van der Waals surface area contributed by atoms with E-state index in [4.69, 9.17) is 15.0 Å². The van der Waals surface area contributed by atoms with Crippen LogP contribution in [0.3, 0.4) is 0 Å². The second-order valence-corrected chi connectivity index (χ2v) is 14.9. The molecular weight excluding hydrogens is 490 g/mol. The summed E-state index contributed by atoms with van der Waals surface area (Å²) in [5.74, 6) is 2.07.